The van der Waals surface area contributed by atoms with Crippen molar-refractivity contribution in [1.29, 1.82) is 0 Å². The molecule has 0 radical (unpaired) electrons. The van der Waals surface area contributed by atoms with Gasteiger partial charge >= 0.3 is 5.97 Å². The van der Waals surface area contributed by atoms with Crippen LogP contribution in [0.2, 0.25) is 5.02 Å². The van der Waals surface area contributed by atoms with Gasteiger partial charge in [0, 0.05) is 11.6 Å². The molecule has 0 unspecified atom stereocenters. The molecule has 0 fully saturated rings. The van der Waals surface area contributed by atoms with E-state index in [1.54, 1.807) is 6.92 Å². The van der Waals surface area contributed by atoms with Gasteiger partial charge in [0.1, 0.15) is 21.9 Å². The Kier molecular flexibility index (Phi) is 5.50. The highest BCUT2D eigenvalue weighted by molar-refractivity contribution is 7.20. The number of halogens is 1. The van der Waals surface area contributed by atoms with E-state index in [1.165, 1.54) is 17.7 Å². The van der Waals surface area contributed by atoms with Gasteiger partial charge in [0.05, 0.1) is 12.0 Å². The van der Waals surface area contributed by atoms with Gasteiger partial charge in [-0.2, -0.15) is 0 Å². The van der Waals surface area contributed by atoms with E-state index >= 15 is 0 Å². The lowest BCUT2D eigenvalue weighted by molar-refractivity contribution is 0.0531. The van der Waals surface area contributed by atoms with Crippen molar-refractivity contribution >= 4 is 44.9 Å². The Labute approximate surface area is 155 Å². The number of aryl methyl sites for hydroxylation is 1. The number of fused-ring (bicyclic) bond motifs is 1. The van der Waals surface area contributed by atoms with E-state index in [9.17, 15) is 4.79 Å². The quantitative estimate of drug-likeness (QED) is 0.643. The molecule has 0 saturated heterocycles. The number of ether oxygens (including phenoxy) is 1. The van der Waals surface area contributed by atoms with Gasteiger partial charge in [0.25, 0.3) is 0 Å². The summed E-state index contributed by atoms with van der Waals surface area (Å²) in [5, 5.41) is 4.96. The molecular formula is C18H18ClN3O2S. The van der Waals surface area contributed by atoms with Crippen LogP contribution in [0.25, 0.3) is 10.2 Å². The molecule has 1 aromatic carbocycles. The molecule has 0 atom stereocenters. The van der Waals surface area contributed by atoms with Crippen molar-refractivity contribution in [1.82, 2.24) is 9.97 Å². The number of carbonyl (C=O) groups is 1. The van der Waals surface area contributed by atoms with E-state index < -0.39 is 0 Å². The van der Waals surface area contributed by atoms with Crippen LogP contribution in [-0.2, 0) is 11.2 Å². The van der Waals surface area contributed by atoms with Crippen LogP contribution in [0.4, 0.5) is 5.82 Å². The monoisotopic (exact) mass is 375 g/mol. The lowest BCUT2D eigenvalue weighted by atomic mass is 10.1. The lowest BCUT2D eigenvalue weighted by Gasteiger charge is -2.08. The molecule has 0 aliphatic heterocycles. The van der Waals surface area contributed by atoms with Crippen LogP contribution in [0.1, 0.15) is 27.7 Å². The van der Waals surface area contributed by atoms with Gasteiger partial charge in [-0.1, -0.05) is 29.8 Å². The number of hydrogen-bond acceptors (Lipinski definition) is 6. The van der Waals surface area contributed by atoms with Crippen LogP contribution >= 0.6 is 22.9 Å². The average molecular weight is 376 g/mol. The van der Waals surface area contributed by atoms with Crippen LogP contribution in [0.15, 0.2) is 30.6 Å². The molecule has 1 N–H and O–H groups in total. The van der Waals surface area contributed by atoms with Gasteiger partial charge in [-0.3, -0.25) is 0 Å². The topological polar surface area (TPSA) is 64.1 Å². The molecule has 0 bridgehead atoms. The van der Waals surface area contributed by atoms with Crippen molar-refractivity contribution in [2.75, 3.05) is 18.5 Å². The number of hydrogen-bond donors (Lipinski definition) is 1. The number of thiophene rings is 1. The normalized spacial score (nSPS) is 10.8. The van der Waals surface area contributed by atoms with Gasteiger partial charge in [-0.25, -0.2) is 14.8 Å². The first-order chi connectivity index (χ1) is 12.1. The highest BCUT2D eigenvalue weighted by Crippen LogP contribution is 2.33. The average Bonchev–Trinajstić information content (AvgIpc) is 2.95. The van der Waals surface area contributed by atoms with E-state index in [-0.39, 0.29) is 5.97 Å². The van der Waals surface area contributed by atoms with Crippen LogP contribution < -0.4 is 5.32 Å². The number of nitrogens with one attached hydrogen (secondary N) is 1. The molecule has 0 aliphatic rings. The minimum absolute atomic E-state index is 0.315. The predicted molar refractivity (Wildman–Crippen MR) is 102 cm³/mol. The molecule has 0 spiro atoms. The second-order valence-electron chi connectivity index (χ2n) is 5.45. The summed E-state index contributed by atoms with van der Waals surface area (Å²) in [5.74, 6) is 0.409. The Hall–Kier alpha value is -2.18. The highest BCUT2D eigenvalue weighted by Gasteiger charge is 2.20. The number of aromatic nitrogens is 2. The Morgan fingerprint density at radius 1 is 1.32 bits per heavy atom. The molecule has 25 heavy (non-hydrogen) atoms. The summed E-state index contributed by atoms with van der Waals surface area (Å²) >= 11 is 7.52. The van der Waals surface area contributed by atoms with E-state index in [2.05, 4.69) is 15.3 Å². The fourth-order valence-electron chi connectivity index (χ4n) is 2.61. The van der Waals surface area contributed by atoms with Crippen molar-refractivity contribution < 1.29 is 9.53 Å². The van der Waals surface area contributed by atoms with Gasteiger partial charge in [-0.05, 0) is 37.5 Å². The van der Waals surface area contributed by atoms with E-state index in [0.717, 1.165) is 38.6 Å². The summed E-state index contributed by atoms with van der Waals surface area (Å²) in [6.07, 6.45) is 2.28. The van der Waals surface area contributed by atoms with Crippen LogP contribution in [-0.4, -0.2) is 29.1 Å². The first-order valence-corrected chi connectivity index (χ1v) is 9.19. The maximum Gasteiger partial charge on any atom is 0.348 e. The van der Waals surface area contributed by atoms with Gasteiger partial charge < -0.3 is 10.1 Å². The third-order valence-electron chi connectivity index (χ3n) is 3.83. The second-order valence-corrected chi connectivity index (χ2v) is 6.85. The fraction of sp³-hybridized carbons (Fsp3) is 0.278. The standard InChI is InChI=1S/C18H18ClN3O2S/c1-3-24-18(23)15-11(2)14-16(21-10-22-17(14)25-15)20-9-8-12-6-4-5-7-13(12)19/h4-7,10H,3,8-9H2,1-2H3,(H,20,21,22). The van der Waals surface area contributed by atoms with E-state index in [4.69, 9.17) is 16.3 Å². The molecule has 7 heteroatoms. The highest BCUT2D eigenvalue weighted by atomic mass is 35.5. The fourth-order valence-corrected chi connectivity index (χ4v) is 3.89. The smallest absolute Gasteiger partial charge is 0.348 e. The summed E-state index contributed by atoms with van der Waals surface area (Å²) < 4.78 is 5.12. The molecule has 130 valence electrons. The third-order valence-corrected chi connectivity index (χ3v) is 5.38. The van der Waals surface area contributed by atoms with Crippen molar-refractivity contribution in [3.05, 3.63) is 51.6 Å². The van der Waals surface area contributed by atoms with E-state index in [1.807, 2.05) is 31.2 Å². The Morgan fingerprint density at radius 2 is 2.12 bits per heavy atom. The van der Waals surface area contributed by atoms with Gasteiger partial charge in [0.2, 0.25) is 0 Å². The summed E-state index contributed by atoms with van der Waals surface area (Å²) in [4.78, 5) is 22.1. The molecule has 2 heterocycles. The summed E-state index contributed by atoms with van der Waals surface area (Å²) in [7, 11) is 0. The first kappa shape index (κ1) is 17.6. The maximum absolute atomic E-state index is 12.1. The van der Waals surface area contributed by atoms with Crippen LogP contribution in [0, 0.1) is 6.92 Å². The minimum atomic E-state index is -0.315. The number of carbonyl (C=O) groups excluding carboxylic acids is 1. The van der Waals surface area contributed by atoms with Crippen LogP contribution in [0.3, 0.4) is 0 Å². The number of anilines is 1. The van der Waals surface area contributed by atoms with Crippen molar-refractivity contribution in [3.8, 4) is 0 Å². The largest absolute Gasteiger partial charge is 0.462 e. The molecule has 3 aromatic rings. The minimum Gasteiger partial charge on any atom is -0.462 e. The molecule has 5 nitrogen and oxygen atoms in total. The number of benzene rings is 1. The summed E-state index contributed by atoms with van der Waals surface area (Å²) in [5.41, 5.74) is 1.93. The maximum atomic E-state index is 12.1. The zero-order chi connectivity index (χ0) is 17.8. The molecule has 0 amide bonds. The molecular weight excluding hydrogens is 358 g/mol. The zero-order valence-corrected chi connectivity index (χ0v) is 15.6. The van der Waals surface area contributed by atoms with Crippen molar-refractivity contribution in [3.63, 3.8) is 0 Å². The summed E-state index contributed by atoms with van der Waals surface area (Å²) in [6, 6.07) is 7.78. The number of esters is 1. The summed E-state index contributed by atoms with van der Waals surface area (Å²) in [6.45, 7) is 4.72. The first-order valence-electron chi connectivity index (χ1n) is 8.00. The third kappa shape index (κ3) is 3.75. The SMILES string of the molecule is CCOC(=O)c1sc2ncnc(NCCc3ccccc3Cl)c2c1C. The molecule has 2 aromatic heterocycles. The molecule has 3 rings (SSSR count). The van der Waals surface area contributed by atoms with Crippen molar-refractivity contribution in [2.24, 2.45) is 0 Å². The molecule has 0 saturated carbocycles. The number of rotatable bonds is 6. The second kappa shape index (κ2) is 7.80. The number of nitrogens with zero attached hydrogens (tertiary/aromatic N) is 2. The zero-order valence-electron chi connectivity index (χ0n) is 14.0. The Balaban J connectivity index is 1.82. The lowest BCUT2D eigenvalue weighted by Crippen LogP contribution is -2.07. The van der Waals surface area contributed by atoms with Crippen LogP contribution in [0.5, 0.6) is 0 Å². The van der Waals surface area contributed by atoms with Gasteiger partial charge in [0.15, 0.2) is 0 Å². The van der Waals surface area contributed by atoms with Crippen molar-refractivity contribution in [2.45, 2.75) is 20.3 Å². The van der Waals surface area contributed by atoms with Gasteiger partial charge in [-0.15, -0.1) is 11.3 Å². The Bertz CT molecular complexity index is 910. The van der Waals surface area contributed by atoms with E-state index in [0.29, 0.717) is 18.0 Å². The Morgan fingerprint density at radius 3 is 2.88 bits per heavy atom. The predicted octanol–water partition coefficient (Wildman–Crippen LogP) is 4.48. The molecule has 0 aliphatic carbocycles.